The van der Waals surface area contributed by atoms with Crippen LogP contribution in [-0.2, 0) is 11.3 Å². The molecule has 104 valence electrons. The van der Waals surface area contributed by atoms with E-state index in [1.165, 1.54) is 5.56 Å². The SMILES string of the molecule is Cc1cccc(CNC(=O)CC(C)c2ccccc2)n1. The van der Waals surface area contributed by atoms with E-state index in [1.807, 2.05) is 43.3 Å². The molecule has 0 saturated heterocycles. The number of carbonyl (C=O) groups is 1. The molecule has 3 nitrogen and oxygen atoms in total. The molecule has 20 heavy (non-hydrogen) atoms. The molecule has 1 atom stereocenters. The van der Waals surface area contributed by atoms with Crippen molar-refractivity contribution in [2.24, 2.45) is 0 Å². The Morgan fingerprint density at radius 2 is 1.90 bits per heavy atom. The number of nitrogens with zero attached hydrogens (tertiary/aromatic N) is 1. The van der Waals surface area contributed by atoms with E-state index in [-0.39, 0.29) is 11.8 Å². The van der Waals surface area contributed by atoms with Crippen molar-refractivity contribution in [1.82, 2.24) is 10.3 Å². The predicted octanol–water partition coefficient (Wildman–Crippen LogP) is 3.20. The third kappa shape index (κ3) is 4.19. The number of aryl methyl sites for hydroxylation is 1. The van der Waals surface area contributed by atoms with Crippen molar-refractivity contribution in [3.8, 4) is 0 Å². The highest BCUT2D eigenvalue weighted by Gasteiger charge is 2.10. The van der Waals surface area contributed by atoms with Crippen molar-refractivity contribution in [2.45, 2.75) is 32.7 Å². The van der Waals surface area contributed by atoms with Crippen LogP contribution in [0.2, 0.25) is 0 Å². The molecule has 2 rings (SSSR count). The molecule has 0 aliphatic carbocycles. The van der Waals surface area contributed by atoms with Crippen LogP contribution in [-0.4, -0.2) is 10.9 Å². The fraction of sp³-hybridized carbons (Fsp3) is 0.294. The molecule has 0 radical (unpaired) electrons. The van der Waals surface area contributed by atoms with Gasteiger partial charge in [0.15, 0.2) is 0 Å². The Kier molecular flexibility index (Phi) is 4.88. The monoisotopic (exact) mass is 268 g/mol. The van der Waals surface area contributed by atoms with E-state index in [9.17, 15) is 4.79 Å². The second-order valence-electron chi connectivity index (χ2n) is 5.06. The molecule has 0 saturated carbocycles. The average molecular weight is 268 g/mol. The van der Waals surface area contributed by atoms with Crippen molar-refractivity contribution >= 4 is 5.91 Å². The summed E-state index contributed by atoms with van der Waals surface area (Å²) in [5.74, 6) is 0.284. The maximum absolute atomic E-state index is 11.9. The van der Waals surface area contributed by atoms with Gasteiger partial charge in [-0.25, -0.2) is 0 Å². The molecular formula is C17H20N2O. The van der Waals surface area contributed by atoms with Gasteiger partial charge in [0.25, 0.3) is 0 Å². The lowest BCUT2D eigenvalue weighted by Gasteiger charge is -2.12. The van der Waals surface area contributed by atoms with Crippen LogP contribution in [0, 0.1) is 6.92 Å². The van der Waals surface area contributed by atoms with E-state index in [2.05, 4.69) is 29.4 Å². The van der Waals surface area contributed by atoms with Crippen LogP contribution in [0.25, 0.3) is 0 Å². The summed E-state index contributed by atoms with van der Waals surface area (Å²) in [5, 5.41) is 2.93. The standard InChI is InChI=1S/C17H20N2O/c1-13(15-8-4-3-5-9-15)11-17(20)18-12-16-10-6-7-14(2)19-16/h3-10,13H,11-12H2,1-2H3,(H,18,20). The van der Waals surface area contributed by atoms with Crippen molar-refractivity contribution in [2.75, 3.05) is 0 Å². The Balaban J connectivity index is 1.84. The molecule has 0 aliphatic rings. The van der Waals surface area contributed by atoms with Crippen LogP contribution >= 0.6 is 0 Å². The summed E-state index contributed by atoms with van der Waals surface area (Å²) in [6, 6.07) is 15.9. The van der Waals surface area contributed by atoms with Gasteiger partial charge in [0, 0.05) is 12.1 Å². The Morgan fingerprint density at radius 1 is 1.15 bits per heavy atom. The van der Waals surface area contributed by atoms with Crippen LogP contribution < -0.4 is 5.32 Å². The highest BCUT2D eigenvalue weighted by Crippen LogP contribution is 2.18. The summed E-state index contributed by atoms with van der Waals surface area (Å²) in [6.07, 6.45) is 0.496. The van der Waals surface area contributed by atoms with Crippen LogP contribution in [0.4, 0.5) is 0 Å². The number of hydrogen-bond donors (Lipinski definition) is 1. The molecule has 1 amide bonds. The maximum Gasteiger partial charge on any atom is 0.220 e. The van der Waals surface area contributed by atoms with Gasteiger partial charge in [0.2, 0.25) is 5.91 Å². The first kappa shape index (κ1) is 14.3. The molecule has 0 spiro atoms. The second kappa shape index (κ2) is 6.85. The van der Waals surface area contributed by atoms with E-state index in [0.29, 0.717) is 13.0 Å². The van der Waals surface area contributed by atoms with Crippen molar-refractivity contribution in [1.29, 1.82) is 0 Å². The third-order valence-corrected chi connectivity index (χ3v) is 3.27. The van der Waals surface area contributed by atoms with Gasteiger partial charge < -0.3 is 5.32 Å². The lowest BCUT2D eigenvalue weighted by molar-refractivity contribution is -0.121. The first-order chi connectivity index (χ1) is 9.65. The number of aromatic nitrogens is 1. The quantitative estimate of drug-likeness (QED) is 0.904. The fourth-order valence-electron chi connectivity index (χ4n) is 2.14. The minimum absolute atomic E-state index is 0.0599. The number of nitrogens with one attached hydrogen (secondary N) is 1. The van der Waals surface area contributed by atoms with E-state index in [4.69, 9.17) is 0 Å². The van der Waals surface area contributed by atoms with Gasteiger partial charge in [-0.15, -0.1) is 0 Å². The Hall–Kier alpha value is -2.16. The van der Waals surface area contributed by atoms with E-state index < -0.39 is 0 Å². The van der Waals surface area contributed by atoms with E-state index >= 15 is 0 Å². The van der Waals surface area contributed by atoms with Gasteiger partial charge in [-0.3, -0.25) is 9.78 Å². The molecule has 3 heteroatoms. The minimum atomic E-state index is 0.0599. The Bertz CT molecular complexity index is 566. The largest absolute Gasteiger partial charge is 0.350 e. The number of benzene rings is 1. The van der Waals surface area contributed by atoms with Gasteiger partial charge in [0.1, 0.15) is 0 Å². The minimum Gasteiger partial charge on any atom is -0.350 e. The summed E-state index contributed by atoms with van der Waals surface area (Å²) < 4.78 is 0. The first-order valence-electron chi connectivity index (χ1n) is 6.89. The lowest BCUT2D eigenvalue weighted by atomic mass is 9.97. The molecule has 1 N–H and O–H groups in total. The molecule has 1 aromatic carbocycles. The molecule has 1 heterocycles. The Morgan fingerprint density at radius 3 is 2.60 bits per heavy atom. The second-order valence-corrected chi connectivity index (χ2v) is 5.06. The molecule has 2 aromatic rings. The maximum atomic E-state index is 11.9. The number of carbonyl (C=O) groups excluding carboxylic acids is 1. The normalized spacial score (nSPS) is 11.9. The van der Waals surface area contributed by atoms with Crippen molar-refractivity contribution in [3.05, 3.63) is 65.5 Å². The third-order valence-electron chi connectivity index (χ3n) is 3.27. The molecular weight excluding hydrogens is 248 g/mol. The zero-order valence-electron chi connectivity index (χ0n) is 12.0. The summed E-state index contributed by atoms with van der Waals surface area (Å²) >= 11 is 0. The first-order valence-corrected chi connectivity index (χ1v) is 6.89. The molecule has 0 aliphatic heterocycles. The zero-order valence-corrected chi connectivity index (χ0v) is 12.0. The average Bonchev–Trinajstić information content (AvgIpc) is 2.46. The summed E-state index contributed by atoms with van der Waals surface area (Å²) in [7, 11) is 0. The van der Waals surface area contributed by atoms with Crippen LogP contribution in [0.3, 0.4) is 0 Å². The number of hydrogen-bond acceptors (Lipinski definition) is 2. The molecule has 1 unspecified atom stereocenters. The van der Waals surface area contributed by atoms with Gasteiger partial charge in [-0.2, -0.15) is 0 Å². The van der Waals surface area contributed by atoms with Gasteiger partial charge in [-0.05, 0) is 30.5 Å². The van der Waals surface area contributed by atoms with Crippen LogP contribution in [0.5, 0.6) is 0 Å². The lowest BCUT2D eigenvalue weighted by Crippen LogP contribution is -2.24. The van der Waals surface area contributed by atoms with Crippen molar-refractivity contribution in [3.63, 3.8) is 0 Å². The van der Waals surface area contributed by atoms with Gasteiger partial charge in [0.05, 0.1) is 12.2 Å². The smallest absolute Gasteiger partial charge is 0.220 e. The van der Waals surface area contributed by atoms with Crippen molar-refractivity contribution < 1.29 is 4.79 Å². The summed E-state index contributed by atoms with van der Waals surface area (Å²) in [4.78, 5) is 16.3. The molecule has 0 fully saturated rings. The highest BCUT2D eigenvalue weighted by atomic mass is 16.1. The van der Waals surface area contributed by atoms with E-state index in [1.54, 1.807) is 0 Å². The molecule has 1 aromatic heterocycles. The van der Waals surface area contributed by atoms with Crippen LogP contribution in [0.15, 0.2) is 48.5 Å². The summed E-state index contributed by atoms with van der Waals surface area (Å²) in [6.45, 7) is 4.50. The van der Waals surface area contributed by atoms with Gasteiger partial charge >= 0.3 is 0 Å². The Labute approximate surface area is 120 Å². The van der Waals surface area contributed by atoms with E-state index in [0.717, 1.165) is 11.4 Å². The molecule has 0 bridgehead atoms. The topological polar surface area (TPSA) is 42.0 Å². The summed E-state index contributed by atoms with van der Waals surface area (Å²) in [5.41, 5.74) is 3.05. The predicted molar refractivity (Wildman–Crippen MR) is 80.3 cm³/mol. The number of pyridine rings is 1. The highest BCUT2D eigenvalue weighted by molar-refractivity contribution is 5.76. The zero-order chi connectivity index (χ0) is 14.4. The van der Waals surface area contributed by atoms with Crippen LogP contribution in [0.1, 0.15) is 36.2 Å². The fourth-order valence-corrected chi connectivity index (χ4v) is 2.14. The van der Waals surface area contributed by atoms with Gasteiger partial charge in [-0.1, -0.05) is 43.3 Å². The number of amides is 1. The number of rotatable bonds is 5.